The standard InChI is InChI=1S/C17H17N5/c1-2-4-13(5-3-1)17-19-8-14-10-22(7-6-16(14)21-17)11-15-9-18-12-20-15/h1-5,8-9,12H,6-7,10-11H2,(H,18,20). The van der Waals surface area contributed by atoms with Gasteiger partial charge in [0.2, 0.25) is 0 Å². The largest absolute Gasteiger partial charge is 0.347 e. The van der Waals surface area contributed by atoms with Crippen LogP contribution in [0.2, 0.25) is 0 Å². The summed E-state index contributed by atoms with van der Waals surface area (Å²) in [5.74, 6) is 0.821. The molecule has 0 bridgehead atoms. The fourth-order valence-corrected chi connectivity index (χ4v) is 2.85. The molecule has 0 radical (unpaired) electrons. The molecule has 0 amide bonds. The average molecular weight is 291 g/mol. The number of aromatic nitrogens is 4. The van der Waals surface area contributed by atoms with Gasteiger partial charge in [-0.1, -0.05) is 30.3 Å². The molecule has 5 heteroatoms. The molecule has 0 atom stereocenters. The van der Waals surface area contributed by atoms with Crippen LogP contribution in [0.15, 0.2) is 49.1 Å². The zero-order valence-corrected chi connectivity index (χ0v) is 12.2. The Balaban J connectivity index is 1.54. The van der Waals surface area contributed by atoms with E-state index in [0.717, 1.165) is 43.1 Å². The maximum atomic E-state index is 4.76. The van der Waals surface area contributed by atoms with E-state index < -0.39 is 0 Å². The molecule has 4 rings (SSSR count). The molecule has 3 heterocycles. The minimum absolute atomic E-state index is 0.821. The third-order valence-corrected chi connectivity index (χ3v) is 3.99. The van der Waals surface area contributed by atoms with Crippen LogP contribution >= 0.6 is 0 Å². The molecule has 1 N–H and O–H groups in total. The summed E-state index contributed by atoms with van der Waals surface area (Å²) in [7, 11) is 0. The minimum Gasteiger partial charge on any atom is -0.347 e. The molecule has 2 aromatic heterocycles. The van der Waals surface area contributed by atoms with Crippen LogP contribution in [-0.2, 0) is 19.5 Å². The van der Waals surface area contributed by atoms with Gasteiger partial charge in [-0.2, -0.15) is 0 Å². The number of nitrogens with one attached hydrogen (secondary N) is 1. The van der Waals surface area contributed by atoms with Crippen LogP contribution in [0.25, 0.3) is 11.4 Å². The third kappa shape index (κ3) is 2.63. The van der Waals surface area contributed by atoms with Crippen LogP contribution in [0, 0.1) is 0 Å². The van der Waals surface area contributed by atoms with E-state index >= 15 is 0 Å². The second-order valence-corrected chi connectivity index (χ2v) is 5.57. The van der Waals surface area contributed by atoms with Crippen molar-refractivity contribution in [2.45, 2.75) is 19.5 Å². The second-order valence-electron chi connectivity index (χ2n) is 5.57. The van der Waals surface area contributed by atoms with Gasteiger partial charge in [0.15, 0.2) is 5.82 Å². The summed E-state index contributed by atoms with van der Waals surface area (Å²) < 4.78 is 0. The Morgan fingerprint density at radius 3 is 2.86 bits per heavy atom. The Bertz CT molecular complexity index is 752. The van der Waals surface area contributed by atoms with E-state index in [1.807, 2.05) is 30.6 Å². The first-order chi connectivity index (χ1) is 10.9. The molecule has 110 valence electrons. The molecule has 0 aliphatic carbocycles. The van der Waals surface area contributed by atoms with Gasteiger partial charge in [-0.25, -0.2) is 15.0 Å². The first kappa shape index (κ1) is 13.2. The van der Waals surface area contributed by atoms with Gasteiger partial charge >= 0.3 is 0 Å². The van der Waals surface area contributed by atoms with Crippen LogP contribution in [0.5, 0.6) is 0 Å². The molecule has 1 aliphatic heterocycles. The molecule has 1 aliphatic rings. The van der Waals surface area contributed by atoms with Crippen molar-refractivity contribution in [2.75, 3.05) is 6.54 Å². The van der Waals surface area contributed by atoms with Crippen LogP contribution < -0.4 is 0 Å². The number of fused-ring (bicyclic) bond motifs is 1. The monoisotopic (exact) mass is 291 g/mol. The van der Waals surface area contributed by atoms with Crippen LogP contribution in [-0.4, -0.2) is 31.4 Å². The summed E-state index contributed by atoms with van der Waals surface area (Å²) in [6, 6.07) is 10.1. The highest BCUT2D eigenvalue weighted by molar-refractivity contribution is 5.54. The quantitative estimate of drug-likeness (QED) is 0.805. The van der Waals surface area contributed by atoms with Crippen LogP contribution in [0.1, 0.15) is 17.0 Å². The van der Waals surface area contributed by atoms with Gasteiger partial charge < -0.3 is 4.98 Å². The molecular weight excluding hydrogens is 274 g/mol. The van der Waals surface area contributed by atoms with Gasteiger partial charge in [0.25, 0.3) is 0 Å². The fourth-order valence-electron chi connectivity index (χ4n) is 2.85. The molecule has 1 aromatic carbocycles. The van der Waals surface area contributed by atoms with Gasteiger partial charge in [-0.05, 0) is 0 Å². The number of rotatable bonds is 3. The smallest absolute Gasteiger partial charge is 0.159 e. The Labute approximate surface area is 129 Å². The van der Waals surface area contributed by atoms with E-state index in [0.29, 0.717) is 0 Å². The van der Waals surface area contributed by atoms with Crippen molar-refractivity contribution >= 4 is 0 Å². The number of hydrogen-bond acceptors (Lipinski definition) is 4. The molecule has 0 saturated heterocycles. The molecule has 0 fully saturated rings. The van der Waals surface area contributed by atoms with Crippen molar-refractivity contribution in [1.82, 2.24) is 24.8 Å². The lowest BCUT2D eigenvalue weighted by Gasteiger charge is -2.27. The van der Waals surface area contributed by atoms with Gasteiger partial charge in [0.1, 0.15) is 0 Å². The predicted octanol–water partition coefficient (Wildman–Crippen LogP) is 2.43. The fraction of sp³-hybridized carbons (Fsp3) is 0.235. The highest BCUT2D eigenvalue weighted by Gasteiger charge is 2.19. The van der Waals surface area contributed by atoms with E-state index in [4.69, 9.17) is 4.98 Å². The van der Waals surface area contributed by atoms with Crippen LogP contribution in [0.3, 0.4) is 0 Å². The Kier molecular flexibility index (Phi) is 3.40. The predicted molar refractivity (Wildman–Crippen MR) is 83.9 cm³/mol. The molecule has 0 spiro atoms. The zero-order valence-electron chi connectivity index (χ0n) is 12.2. The van der Waals surface area contributed by atoms with Gasteiger partial charge in [0, 0.05) is 55.3 Å². The lowest BCUT2D eigenvalue weighted by molar-refractivity contribution is 0.240. The van der Waals surface area contributed by atoms with Crippen molar-refractivity contribution in [3.8, 4) is 11.4 Å². The lowest BCUT2D eigenvalue weighted by atomic mass is 10.1. The molecule has 3 aromatic rings. The van der Waals surface area contributed by atoms with Crippen molar-refractivity contribution in [2.24, 2.45) is 0 Å². The normalized spacial score (nSPS) is 14.7. The number of benzene rings is 1. The van der Waals surface area contributed by atoms with E-state index in [1.54, 1.807) is 6.33 Å². The molecule has 22 heavy (non-hydrogen) atoms. The summed E-state index contributed by atoms with van der Waals surface area (Å²) in [5, 5.41) is 0. The van der Waals surface area contributed by atoms with Crippen molar-refractivity contribution in [3.63, 3.8) is 0 Å². The van der Waals surface area contributed by atoms with Crippen LogP contribution in [0.4, 0.5) is 0 Å². The summed E-state index contributed by atoms with van der Waals surface area (Å²) >= 11 is 0. The molecule has 5 nitrogen and oxygen atoms in total. The Morgan fingerprint density at radius 2 is 2.05 bits per heavy atom. The Hall–Kier alpha value is -2.53. The van der Waals surface area contributed by atoms with E-state index in [9.17, 15) is 0 Å². The number of imidazole rings is 1. The highest BCUT2D eigenvalue weighted by Crippen LogP contribution is 2.21. The highest BCUT2D eigenvalue weighted by atomic mass is 15.1. The molecule has 0 saturated carbocycles. The topological polar surface area (TPSA) is 57.7 Å². The molecule has 0 unspecified atom stereocenters. The van der Waals surface area contributed by atoms with Crippen molar-refractivity contribution in [3.05, 3.63) is 66.0 Å². The van der Waals surface area contributed by atoms with Crippen molar-refractivity contribution < 1.29 is 0 Å². The SMILES string of the molecule is c1ccc(-c2ncc3c(n2)CCN(Cc2cnc[nH]2)C3)cc1. The maximum Gasteiger partial charge on any atom is 0.159 e. The van der Waals surface area contributed by atoms with Gasteiger partial charge in [0.05, 0.1) is 12.0 Å². The summed E-state index contributed by atoms with van der Waals surface area (Å²) in [5.41, 5.74) is 4.62. The number of H-pyrrole nitrogens is 1. The zero-order chi connectivity index (χ0) is 14.8. The van der Waals surface area contributed by atoms with Gasteiger partial charge in [-0.15, -0.1) is 0 Å². The lowest BCUT2D eigenvalue weighted by Crippen LogP contribution is -2.31. The number of aromatic amines is 1. The summed E-state index contributed by atoms with van der Waals surface area (Å²) in [6.45, 7) is 2.79. The van der Waals surface area contributed by atoms with Gasteiger partial charge in [-0.3, -0.25) is 4.90 Å². The first-order valence-electron chi connectivity index (χ1n) is 7.48. The number of hydrogen-bond donors (Lipinski definition) is 1. The Morgan fingerprint density at radius 1 is 1.14 bits per heavy atom. The van der Waals surface area contributed by atoms with Crippen molar-refractivity contribution in [1.29, 1.82) is 0 Å². The van der Waals surface area contributed by atoms with E-state index in [1.165, 1.54) is 11.3 Å². The minimum atomic E-state index is 0.821. The van der Waals surface area contributed by atoms with E-state index in [2.05, 4.69) is 32.0 Å². The number of nitrogens with zero attached hydrogens (tertiary/aromatic N) is 4. The summed E-state index contributed by atoms with van der Waals surface area (Å²) in [6.07, 6.45) is 6.54. The second kappa shape index (κ2) is 5.69. The summed E-state index contributed by atoms with van der Waals surface area (Å²) in [4.78, 5) is 18.9. The molecular formula is C17H17N5. The first-order valence-corrected chi connectivity index (χ1v) is 7.48. The average Bonchev–Trinajstić information content (AvgIpc) is 3.08. The third-order valence-electron chi connectivity index (χ3n) is 3.99. The maximum absolute atomic E-state index is 4.76. The van der Waals surface area contributed by atoms with E-state index in [-0.39, 0.29) is 0 Å².